The zero-order valence-corrected chi connectivity index (χ0v) is 26.0. The smallest absolute Gasteiger partial charge is 0.266 e. The molecule has 41 heavy (non-hydrogen) atoms. The molecule has 5 atom stereocenters. The van der Waals surface area contributed by atoms with E-state index in [0.717, 1.165) is 42.7 Å². The quantitative estimate of drug-likeness (QED) is 0.322. The Morgan fingerprint density at radius 3 is 2.37 bits per heavy atom. The fraction of sp³-hybridized carbons (Fsp3) is 0.429. The summed E-state index contributed by atoms with van der Waals surface area (Å²) in [5.41, 5.74) is 6.28. The Bertz CT molecular complexity index is 1600. The van der Waals surface area contributed by atoms with Gasteiger partial charge in [-0.15, -0.1) is 0 Å². The molecule has 0 saturated carbocycles. The molecule has 6 heteroatoms. The molecular formula is C35H43N3O2S. The summed E-state index contributed by atoms with van der Waals surface area (Å²) in [5.74, 6) is 0.203. The Balaban J connectivity index is 1.77. The van der Waals surface area contributed by atoms with E-state index in [1.54, 1.807) is 16.4 Å². The summed E-state index contributed by atoms with van der Waals surface area (Å²) in [4.78, 5) is 2.61. The Labute approximate surface area is 246 Å². The number of benzene rings is 3. The van der Waals surface area contributed by atoms with Crippen LogP contribution in [0.25, 0.3) is 0 Å². The fourth-order valence-corrected chi connectivity index (χ4v) is 10.5. The van der Waals surface area contributed by atoms with Gasteiger partial charge in [-0.2, -0.15) is 0 Å². The number of para-hydroxylation sites is 1. The number of fused-ring (bicyclic) bond motifs is 6. The van der Waals surface area contributed by atoms with E-state index in [1.807, 2.05) is 30.3 Å². The molecule has 0 aliphatic carbocycles. The minimum atomic E-state index is -3.89. The van der Waals surface area contributed by atoms with Gasteiger partial charge in [0.25, 0.3) is 10.0 Å². The number of hydrogen-bond donors (Lipinski definition) is 1. The van der Waals surface area contributed by atoms with Crippen molar-refractivity contribution in [1.29, 1.82) is 0 Å². The molecule has 0 bridgehead atoms. The van der Waals surface area contributed by atoms with Crippen molar-refractivity contribution >= 4 is 21.4 Å². The third-order valence-corrected chi connectivity index (χ3v) is 11.9. The second-order valence-electron chi connectivity index (χ2n) is 12.5. The Hall–Kier alpha value is -3.09. The van der Waals surface area contributed by atoms with Gasteiger partial charge in [0.2, 0.25) is 0 Å². The second kappa shape index (κ2) is 10.0. The van der Waals surface area contributed by atoms with Gasteiger partial charge in [0.05, 0.1) is 10.6 Å². The highest BCUT2D eigenvalue weighted by Gasteiger charge is 2.71. The number of likely N-dealkylation sites (N-methyl/N-ethyl adjacent to an activating group) is 1. The molecule has 1 spiro atoms. The normalized spacial score (nSPS) is 27.4. The zero-order valence-electron chi connectivity index (χ0n) is 25.2. The summed E-state index contributed by atoms with van der Waals surface area (Å²) in [6.07, 6.45) is 4.74. The standard InChI is InChI=1S/C35H43N3O2S/c1-7-20-35-32-28(25(4)23-24(2)3)16-13-19-31(32)37(6)33(35)38(41(39,40)27-14-9-8-10-15-27)30-18-12-11-17-29(30)34(35)21-22-36-26(34)5/h8-19,23,25-26,33,36H,7,20-22H2,1-6H3/t25-,26-,33+,34-,35+/m1/s1. The maximum atomic E-state index is 14.9. The van der Waals surface area contributed by atoms with Crippen molar-refractivity contribution in [3.8, 4) is 0 Å². The van der Waals surface area contributed by atoms with Crippen LogP contribution in [-0.2, 0) is 20.9 Å². The van der Waals surface area contributed by atoms with Gasteiger partial charge < -0.3 is 10.2 Å². The maximum absolute atomic E-state index is 14.9. The molecule has 0 unspecified atom stereocenters. The van der Waals surface area contributed by atoms with Crippen LogP contribution in [0.5, 0.6) is 0 Å². The Kier molecular flexibility index (Phi) is 6.86. The summed E-state index contributed by atoms with van der Waals surface area (Å²) in [5, 5.41) is 3.83. The lowest BCUT2D eigenvalue weighted by Gasteiger charge is -2.60. The average molecular weight is 570 g/mol. The van der Waals surface area contributed by atoms with Gasteiger partial charge in [0.1, 0.15) is 6.17 Å². The van der Waals surface area contributed by atoms with Crippen LogP contribution >= 0.6 is 0 Å². The van der Waals surface area contributed by atoms with Crippen LogP contribution < -0.4 is 14.5 Å². The van der Waals surface area contributed by atoms with Gasteiger partial charge in [-0.25, -0.2) is 12.7 Å². The minimum absolute atomic E-state index is 0.172. The van der Waals surface area contributed by atoms with Crippen molar-refractivity contribution in [2.45, 2.75) is 87.7 Å². The predicted molar refractivity (Wildman–Crippen MR) is 169 cm³/mol. The van der Waals surface area contributed by atoms with E-state index in [-0.39, 0.29) is 17.4 Å². The highest BCUT2D eigenvalue weighted by Crippen LogP contribution is 2.67. The number of anilines is 2. The largest absolute Gasteiger partial charge is 0.352 e. The molecular weight excluding hydrogens is 526 g/mol. The van der Waals surface area contributed by atoms with Gasteiger partial charge >= 0.3 is 0 Å². The van der Waals surface area contributed by atoms with Gasteiger partial charge in [-0.3, -0.25) is 0 Å². The van der Waals surface area contributed by atoms with Crippen molar-refractivity contribution in [3.63, 3.8) is 0 Å². The van der Waals surface area contributed by atoms with Crippen LogP contribution in [0.1, 0.15) is 76.5 Å². The van der Waals surface area contributed by atoms with Gasteiger partial charge in [0.15, 0.2) is 0 Å². The van der Waals surface area contributed by atoms with E-state index < -0.39 is 21.6 Å². The van der Waals surface area contributed by atoms with Crippen molar-refractivity contribution in [1.82, 2.24) is 5.32 Å². The van der Waals surface area contributed by atoms with Gasteiger partial charge in [-0.05, 0) is 87.0 Å². The van der Waals surface area contributed by atoms with Crippen LogP contribution in [-0.4, -0.2) is 34.2 Å². The van der Waals surface area contributed by atoms with Crippen LogP contribution in [0, 0.1) is 0 Å². The van der Waals surface area contributed by atoms with E-state index >= 15 is 0 Å². The fourth-order valence-electron chi connectivity index (χ4n) is 8.82. The molecule has 0 amide bonds. The molecule has 216 valence electrons. The first-order chi connectivity index (χ1) is 19.6. The lowest BCUT2D eigenvalue weighted by Crippen LogP contribution is -2.70. The summed E-state index contributed by atoms with van der Waals surface area (Å²) in [7, 11) is -1.78. The number of allylic oxidation sites excluding steroid dienone is 2. The molecule has 3 aromatic carbocycles. The predicted octanol–water partition coefficient (Wildman–Crippen LogP) is 7.10. The Morgan fingerprint density at radius 1 is 1.02 bits per heavy atom. The van der Waals surface area contributed by atoms with Crippen molar-refractivity contribution in [3.05, 3.63) is 101 Å². The number of sulfonamides is 1. The van der Waals surface area contributed by atoms with E-state index in [4.69, 9.17) is 0 Å². The molecule has 0 aromatic heterocycles. The molecule has 6 rings (SSSR count). The number of rotatable bonds is 6. The first-order valence-electron chi connectivity index (χ1n) is 15.1. The molecule has 0 radical (unpaired) electrons. The molecule has 1 N–H and O–H groups in total. The van der Waals surface area contributed by atoms with E-state index in [0.29, 0.717) is 4.90 Å². The number of hydrogen-bond acceptors (Lipinski definition) is 4. The average Bonchev–Trinajstić information content (AvgIpc) is 3.46. The summed E-state index contributed by atoms with van der Waals surface area (Å²) in [6.45, 7) is 12.1. The summed E-state index contributed by atoms with van der Waals surface area (Å²) in [6, 6.07) is 24.1. The van der Waals surface area contributed by atoms with E-state index in [1.165, 1.54) is 16.7 Å². The van der Waals surface area contributed by atoms with E-state index in [9.17, 15) is 8.42 Å². The topological polar surface area (TPSA) is 52.7 Å². The highest BCUT2D eigenvalue weighted by atomic mass is 32.2. The first kappa shape index (κ1) is 28.0. The van der Waals surface area contributed by atoms with Crippen molar-refractivity contribution in [2.75, 3.05) is 22.8 Å². The van der Waals surface area contributed by atoms with Gasteiger partial charge in [-0.1, -0.05) is 80.4 Å². The number of nitrogens with zero attached hydrogens (tertiary/aromatic N) is 2. The Morgan fingerprint density at radius 2 is 1.71 bits per heavy atom. The van der Waals surface area contributed by atoms with Crippen LogP contribution in [0.2, 0.25) is 0 Å². The van der Waals surface area contributed by atoms with Crippen molar-refractivity contribution in [2.24, 2.45) is 0 Å². The monoisotopic (exact) mass is 569 g/mol. The minimum Gasteiger partial charge on any atom is -0.352 e. The van der Waals surface area contributed by atoms with Crippen LogP contribution in [0.3, 0.4) is 0 Å². The lowest BCUT2D eigenvalue weighted by atomic mass is 9.49. The summed E-state index contributed by atoms with van der Waals surface area (Å²) >= 11 is 0. The summed E-state index contributed by atoms with van der Waals surface area (Å²) < 4.78 is 31.5. The molecule has 3 aliphatic heterocycles. The molecule has 1 fully saturated rings. The van der Waals surface area contributed by atoms with Crippen LogP contribution in [0.4, 0.5) is 11.4 Å². The SMILES string of the molecule is CCC[C@]12c3c([C@H](C)C=C(C)C)cccc3N(C)[C@H]1N(S(=O)(=O)c1ccccc1)c1ccccc1[C@]21CCN[C@@H]1C. The molecule has 3 heterocycles. The van der Waals surface area contributed by atoms with Gasteiger partial charge in [0, 0.05) is 29.6 Å². The maximum Gasteiger partial charge on any atom is 0.266 e. The molecule has 1 saturated heterocycles. The first-order valence-corrected chi connectivity index (χ1v) is 16.5. The van der Waals surface area contributed by atoms with Crippen molar-refractivity contribution < 1.29 is 8.42 Å². The van der Waals surface area contributed by atoms with Crippen LogP contribution in [0.15, 0.2) is 89.3 Å². The third-order valence-electron chi connectivity index (χ3n) is 10.1. The molecule has 3 aliphatic rings. The second-order valence-corrected chi connectivity index (χ2v) is 14.3. The van der Waals surface area contributed by atoms with E-state index in [2.05, 4.69) is 88.3 Å². The molecule has 5 nitrogen and oxygen atoms in total. The third kappa shape index (κ3) is 3.72. The number of nitrogens with one attached hydrogen (secondary N) is 1. The zero-order chi connectivity index (χ0) is 29.2. The lowest BCUT2D eigenvalue weighted by molar-refractivity contribution is 0.144. The highest BCUT2D eigenvalue weighted by molar-refractivity contribution is 7.92. The molecule has 3 aromatic rings.